The summed E-state index contributed by atoms with van der Waals surface area (Å²) in [7, 11) is -3.33. The van der Waals surface area contributed by atoms with Gasteiger partial charge in [-0.3, -0.25) is 19.3 Å². The molecule has 1 aromatic heterocycles. The molecule has 2 fully saturated rings. The average Bonchev–Trinajstić information content (AvgIpc) is 3.40. The van der Waals surface area contributed by atoms with Crippen LogP contribution >= 0.6 is 0 Å². The summed E-state index contributed by atoms with van der Waals surface area (Å²) in [5.74, 6) is -0.360. The minimum atomic E-state index is -3.33. The molecule has 1 N–H and O–H groups in total. The van der Waals surface area contributed by atoms with Crippen molar-refractivity contribution in [2.75, 3.05) is 39.0 Å². The van der Waals surface area contributed by atoms with Gasteiger partial charge in [-0.15, -0.1) is 0 Å². The first-order valence-corrected chi connectivity index (χ1v) is 16.1. The highest BCUT2D eigenvalue weighted by Crippen LogP contribution is 2.27. The molecule has 11 nitrogen and oxygen atoms in total. The lowest BCUT2D eigenvalue weighted by molar-refractivity contribution is -0.141. The van der Waals surface area contributed by atoms with E-state index in [4.69, 9.17) is 4.74 Å². The van der Waals surface area contributed by atoms with E-state index in [2.05, 4.69) is 10.3 Å². The number of aromatic nitrogens is 1. The number of amides is 3. The van der Waals surface area contributed by atoms with E-state index in [0.717, 1.165) is 11.8 Å². The number of nitrogens with zero attached hydrogens (tertiary/aromatic N) is 4. The number of benzene rings is 2. The molecule has 3 aliphatic heterocycles. The van der Waals surface area contributed by atoms with E-state index in [1.54, 1.807) is 64.5 Å². The number of nitrogens with one attached hydrogen (secondary N) is 1. The van der Waals surface area contributed by atoms with Crippen LogP contribution in [0.4, 0.5) is 0 Å². The zero-order valence-electron chi connectivity index (χ0n) is 23.8. The number of rotatable bonds is 4. The first-order valence-electron chi connectivity index (χ1n) is 14.2. The molecule has 43 heavy (non-hydrogen) atoms. The van der Waals surface area contributed by atoms with Crippen molar-refractivity contribution in [1.82, 2.24) is 25.0 Å². The molecule has 0 spiro atoms. The Labute approximate surface area is 250 Å². The predicted molar refractivity (Wildman–Crippen MR) is 157 cm³/mol. The second-order valence-corrected chi connectivity index (χ2v) is 13.3. The fourth-order valence-corrected chi connectivity index (χ4v) is 6.69. The Morgan fingerprint density at radius 3 is 2.51 bits per heavy atom. The van der Waals surface area contributed by atoms with E-state index in [0.29, 0.717) is 43.7 Å². The summed E-state index contributed by atoms with van der Waals surface area (Å²) < 4.78 is 29.9. The molecule has 2 aromatic carbocycles. The Hall–Kier alpha value is -4.29. The summed E-state index contributed by atoms with van der Waals surface area (Å²) in [4.78, 5) is 50.9. The lowest BCUT2D eigenvalue weighted by atomic mass is 10.1. The summed E-state index contributed by atoms with van der Waals surface area (Å²) in [6.07, 6.45) is 3.13. The fourth-order valence-electron chi connectivity index (χ4n) is 6.06. The first kappa shape index (κ1) is 28.8. The molecule has 2 saturated heterocycles. The number of sulfone groups is 1. The third kappa shape index (κ3) is 6.11. The molecule has 4 heterocycles. The number of piperazine rings is 1. The molecular formula is C31H33N5O6S. The Bertz CT molecular complexity index is 1630. The van der Waals surface area contributed by atoms with Crippen LogP contribution in [0.2, 0.25) is 0 Å². The fraction of sp³-hybridized carbons (Fsp3) is 0.355. The van der Waals surface area contributed by atoms with Crippen LogP contribution in [0.25, 0.3) is 0 Å². The smallest absolute Gasteiger partial charge is 0.257 e. The topological polar surface area (TPSA) is 129 Å². The van der Waals surface area contributed by atoms with Gasteiger partial charge in [0.1, 0.15) is 12.2 Å². The van der Waals surface area contributed by atoms with E-state index in [9.17, 15) is 22.8 Å². The SMILES string of the molecule is CS(=O)(=O)c1ccc(CN2C[C@H]3C[C@H]2C(=O)N2CCN(C(=O)c4ccccc4)C[C@H]2COc2ncccc2C(=O)N3)cc1. The number of pyridine rings is 1. The molecule has 0 saturated carbocycles. The zero-order valence-corrected chi connectivity index (χ0v) is 24.6. The predicted octanol–water partition coefficient (Wildman–Crippen LogP) is 1.60. The van der Waals surface area contributed by atoms with E-state index in [-0.39, 0.29) is 47.7 Å². The minimum Gasteiger partial charge on any atom is -0.475 e. The van der Waals surface area contributed by atoms with Gasteiger partial charge in [-0.1, -0.05) is 30.3 Å². The number of hydrogen-bond acceptors (Lipinski definition) is 8. The lowest BCUT2D eigenvalue weighted by Crippen LogP contribution is -2.61. The highest BCUT2D eigenvalue weighted by molar-refractivity contribution is 7.90. The van der Waals surface area contributed by atoms with Gasteiger partial charge < -0.3 is 19.9 Å². The standard InChI is InChI=1S/C31H33N5O6S/c1-43(40,41)25-11-9-21(10-12-25)17-35-18-23-16-27(35)31(39)36-15-14-34(30(38)22-6-3-2-4-7-22)19-24(36)20-42-29-26(28(37)33-23)8-5-13-32-29/h2-13,23-24,27H,14-20H2,1H3,(H,33,37)/t23-,24+,27+/m1/s1. The van der Waals surface area contributed by atoms with E-state index in [1.165, 1.54) is 0 Å². The molecule has 3 atom stereocenters. The molecule has 3 aromatic rings. The van der Waals surface area contributed by atoms with Gasteiger partial charge in [-0.05, 0) is 48.4 Å². The van der Waals surface area contributed by atoms with Gasteiger partial charge >= 0.3 is 0 Å². The Kier molecular flexibility index (Phi) is 7.89. The number of carbonyl (C=O) groups is 3. The Morgan fingerprint density at radius 1 is 1.00 bits per heavy atom. The average molecular weight is 604 g/mol. The molecule has 12 heteroatoms. The molecule has 3 aliphatic rings. The van der Waals surface area contributed by atoms with Crippen LogP contribution in [-0.4, -0.2) is 103 Å². The van der Waals surface area contributed by atoms with Crippen molar-refractivity contribution in [3.63, 3.8) is 0 Å². The van der Waals surface area contributed by atoms with Crippen LogP contribution in [0.1, 0.15) is 32.7 Å². The third-order valence-electron chi connectivity index (χ3n) is 8.26. The molecule has 2 bridgehead atoms. The maximum absolute atomic E-state index is 14.2. The van der Waals surface area contributed by atoms with Gasteiger partial charge in [0, 0.05) is 56.8 Å². The van der Waals surface area contributed by atoms with Gasteiger partial charge in [0.25, 0.3) is 11.8 Å². The van der Waals surface area contributed by atoms with E-state index < -0.39 is 21.9 Å². The maximum Gasteiger partial charge on any atom is 0.257 e. The quantitative estimate of drug-likeness (QED) is 0.476. The van der Waals surface area contributed by atoms with Gasteiger partial charge in [-0.2, -0.15) is 0 Å². The summed E-state index contributed by atoms with van der Waals surface area (Å²) >= 11 is 0. The van der Waals surface area contributed by atoms with Crippen molar-refractivity contribution in [3.05, 3.63) is 89.6 Å². The number of hydrogen-bond donors (Lipinski definition) is 1. The van der Waals surface area contributed by atoms with Crippen LogP contribution in [0, 0.1) is 0 Å². The molecule has 224 valence electrons. The molecule has 0 unspecified atom stereocenters. The molecule has 6 rings (SSSR count). The van der Waals surface area contributed by atoms with Crippen molar-refractivity contribution in [1.29, 1.82) is 0 Å². The van der Waals surface area contributed by atoms with Crippen LogP contribution in [0.3, 0.4) is 0 Å². The van der Waals surface area contributed by atoms with Crippen molar-refractivity contribution >= 4 is 27.6 Å². The van der Waals surface area contributed by atoms with Crippen molar-refractivity contribution < 1.29 is 27.5 Å². The molecule has 0 aliphatic carbocycles. The second kappa shape index (κ2) is 11.8. The number of likely N-dealkylation sites (tertiary alicyclic amines) is 1. The van der Waals surface area contributed by atoms with Crippen molar-refractivity contribution in [2.45, 2.75) is 36.0 Å². The van der Waals surface area contributed by atoms with Crippen LogP contribution in [0.15, 0.2) is 77.8 Å². The van der Waals surface area contributed by atoms with E-state index in [1.807, 2.05) is 23.1 Å². The molecule has 3 amide bonds. The monoisotopic (exact) mass is 603 g/mol. The summed E-state index contributed by atoms with van der Waals surface area (Å²) in [6.45, 7) is 1.89. The third-order valence-corrected chi connectivity index (χ3v) is 9.39. The second-order valence-electron chi connectivity index (χ2n) is 11.2. The minimum absolute atomic E-state index is 0.0602. The largest absolute Gasteiger partial charge is 0.475 e. The van der Waals surface area contributed by atoms with Gasteiger partial charge in [-0.25, -0.2) is 13.4 Å². The summed E-state index contributed by atoms with van der Waals surface area (Å²) in [5, 5.41) is 3.06. The number of ether oxygens (including phenoxy) is 1. The Balaban J connectivity index is 1.30. The van der Waals surface area contributed by atoms with Crippen LogP contribution < -0.4 is 10.1 Å². The number of fused-ring (bicyclic) bond motifs is 4. The van der Waals surface area contributed by atoms with Crippen LogP contribution in [-0.2, 0) is 21.2 Å². The van der Waals surface area contributed by atoms with E-state index >= 15 is 0 Å². The first-order chi connectivity index (χ1) is 20.7. The highest BCUT2D eigenvalue weighted by Gasteiger charge is 2.43. The maximum atomic E-state index is 14.2. The molecule has 0 radical (unpaired) electrons. The van der Waals surface area contributed by atoms with Gasteiger partial charge in [0.2, 0.25) is 11.8 Å². The lowest BCUT2D eigenvalue weighted by Gasteiger charge is -2.43. The van der Waals surface area contributed by atoms with Crippen molar-refractivity contribution in [2.24, 2.45) is 0 Å². The normalized spacial score (nSPS) is 22.9. The summed E-state index contributed by atoms with van der Waals surface area (Å²) in [5.41, 5.74) is 1.74. The highest BCUT2D eigenvalue weighted by atomic mass is 32.2. The van der Waals surface area contributed by atoms with Crippen molar-refractivity contribution in [3.8, 4) is 5.88 Å². The Morgan fingerprint density at radius 2 is 1.77 bits per heavy atom. The zero-order chi connectivity index (χ0) is 30.1. The van der Waals surface area contributed by atoms with Gasteiger partial charge in [0.05, 0.1) is 17.0 Å². The van der Waals surface area contributed by atoms with Crippen LogP contribution in [0.5, 0.6) is 5.88 Å². The summed E-state index contributed by atoms with van der Waals surface area (Å²) in [6, 6.07) is 17.7. The molecular weight excluding hydrogens is 570 g/mol. The number of carbonyl (C=O) groups excluding carboxylic acids is 3. The van der Waals surface area contributed by atoms with Gasteiger partial charge in [0.15, 0.2) is 9.84 Å².